The lowest BCUT2D eigenvalue weighted by atomic mass is 10.1. The molecule has 1 saturated carbocycles. The van der Waals surface area contributed by atoms with Gasteiger partial charge in [-0.1, -0.05) is 30.9 Å². The van der Waals surface area contributed by atoms with Crippen molar-refractivity contribution in [3.8, 4) is 0 Å². The molecular formula is C14H24N6O2. The summed E-state index contributed by atoms with van der Waals surface area (Å²) in [5.41, 5.74) is 5.24. The highest BCUT2D eigenvalue weighted by Gasteiger charge is 2.13. The summed E-state index contributed by atoms with van der Waals surface area (Å²) in [6.45, 7) is 1.20. The van der Waals surface area contributed by atoms with Crippen LogP contribution in [0.15, 0.2) is 6.20 Å². The monoisotopic (exact) mass is 308 g/mol. The van der Waals surface area contributed by atoms with E-state index in [2.05, 4.69) is 20.9 Å². The van der Waals surface area contributed by atoms with Crippen molar-refractivity contribution in [3.05, 3.63) is 11.9 Å². The fourth-order valence-electron chi connectivity index (χ4n) is 2.67. The molecule has 8 heteroatoms. The van der Waals surface area contributed by atoms with Gasteiger partial charge in [-0.15, -0.1) is 5.10 Å². The third kappa shape index (κ3) is 5.44. The highest BCUT2D eigenvalue weighted by Crippen LogP contribution is 2.16. The number of nitrogens with one attached hydrogen (secondary N) is 2. The van der Waals surface area contributed by atoms with E-state index in [9.17, 15) is 9.59 Å². The number of carbonyl (C=O) groups excluding carboxylic acids is 2. The Bertz CT molecular complexity index is 493. The summed E-state index contributed by atoms with van der Waals surface area (Å²) in [4.78, 5) is 22.6. The van der Waals surface area contributed by atoms with Crippen molar-refractivity contribution in [2.45, 2.75) is 51.1 Å². The molecule has 2 rings (SSSR count). The van der Waals surface area contributed by atoms with Crippen LogP contribution < -0.4 is 16.4 Å². The van der Waals surface area contributed by atoms with Gasteiger partial charge in [-0.05, 0) is 12.8 Å². The quantitative estimate of drug-likeness (QED) is 0.477. The molecule has 0 atom stereocenters. The Balaban J connectivity index is 1.66. The predicted molar refractivity (Wildman–Crippen MR) is 81.0 cm³/mol. The summed E-state index contributed by atoms with van der Waals surface area (Å²) in [5.74, 6) is -0.817. The topological polar surface area (TPSA) is 115 Å². The summed E-state index contributed by atoms with van der Waals surface area (Å²) in [5, 5.41) is 13.7. The second-order valence-corrected chi connectivity index (χ2v) is 5.67. The van der Waals surface area contributed by atoms with Gasteiger partial charge in [0.15, 0.2) is 5.69 Å². The van der Waals surface area contributed by atoms with Gasteiger partial charge in [0.1, 0.15) is 6.54 Å². The van der Waals surface area contributed by atoms with Gasteiger partial charge in [0.2, 0.25) is 5.91 Å². The van der Waals surface area contributed by atoms with Gasteiger partial charge >= 0.3 is 0 Å². The molecule has 22 heavy (non-hydrogen) atoms. The Kier molecular flexibility index (Phi) is 6.32. The van der Waals surface area contributed by atoms with Crippen LogP contribution in [-0.2, 0) is 11.3 Å². The van der Waals surface area contributed by atoms with Crippen LogP contribution in [0, 0.1) is 0 Å². The number of nitrogens with zero attached hydrogens (tertiary/aromatic N) is 3. The fourth-order valence-corrected chi connectivity index (χ4v) is 2.67. The molecule has 0 aliphatic heterocycles. The van der Waals surface area contributed by atoms with Crippen LogP contribution in [0.5, 0.6) is 0 Å². The molecular weight excluding hydrogens is 284 g/mol. The lowest BCUT2D eigenvalue weighted by molar-refractivity contribution is -0.118. The van der Waals surface area contributed by atoms with Crippen molar-refractivity contribution in [3.63, 3.8) is 0 Å². The maximum absolute atomic E-state index is 11.9. The number of aromatic nitrogens is 3. The van der Waals surface area contributed by atoms with Crippen molar-refractivity contribution >= 4 is 11.8 Å². The molecule has 1 heterocycles. The largest absolute Gasteiger partial charge is 0.368 e. The van der Waals surface area contributed by atoms with E-state index < -0.39 is 5.91 Å². The van der Waals surface area contributed by atoms with Gasteiger partial charge in [-0.3, -0.25) is 9.59 Å². The first-order valence-electron chi connectivity index (χ1n) is 7.85. The molecule has 2 amide bonds. The van der Waals surface area contributed by atoms with Crippen molar-refractivity contribution in [2.24, 2.45) is 5.73 Å². The molecule has 8 nitrogen and oxygen atoms in total. The Morgan fingerprint density at radius 2 is 1.95 bits per heavy atom. The molecule has 4 N–H and O–H groups in total. The molecule has 0 aromatic carbocycles. The molecule has 122 valence electrons. The molecule has 1 aliphatic carbocycles. The summed E-state index contributed by atoms with van der Waals surface area (Å²) in [6, 6.07) is 0.566. The van der Waals surface area contributed by atoms with Crippen molar-refractivity contribution in [2.75, 3.05) is 13.1 Å². The van der Waals surface area contributed by atoms with E-state index in [1.54, 1.807) is 0 Å². The van der Waals surface area contributed by atoms with Gasteiger partial charge in [-0.2, -0.15) is 0 Å². The Morgan fingerprint density at radius 3 is 2.64 bits per heavy atom. The summed E-state index contributed by atoms with van der Waals surface area (Å²) in [7, 11) is 0. The van der Waals surface area contributed by atoms with E-state index in [1.165, 1.54) is 49.4 Å². The number of amides is 2. The van der Waals surface area contributed by atoms with Crippen LogP contribution in [-0.4, -0.2) is 45.9 Å². The third-order valence-corrected chi connectivity index (χ3v) is 3.79. The lowest BCUT2D eigenvalue weighted by Gasteiger charge is -2.16. The zero-order chi connectivity index (χ0) is 15.8. The molecule has 0 radical (unpaired) electrons. The van der Waals surface area contributed by atoms with Crippen LogP contribution in [0.1, 0.15) is 49.0 Å². The van der Waals surface area contributed by atoms with Gasteiger partial charge in [0.25, 0.3) is 5.91 Å². The minimum Gasteiger partial charge on any atom is -0.368 e. The second kappa shape index (κ2) is 8.47. The SMILES string of the molecule is NC(=O)Cn1cc(C(=O)NCCNC2CCCCCC2)nn1. The van der Waals surface area contributed by atoms with Crippen LogP contribution >= 0.6 is 0 Å². The van der Waals surface area contributed by atoms with E-state index >= 15 is 0 Å². The van der Waals surface area contributed by atoms with E-state index in [0.717, 1.165) is 6.54 Å². The zero-order valence-corrected chi connectivity index (χ0v) is 12.8. The maximum Gasteiger partial charge on any atom is 0.273 e. The highest BCUT2D eigenvalue weighted by atomic mass is 16.2. The van der Waals surface area contributed by atoms with Crippen LogP contribution in [0.4, 0.5) is 0 Å². The third-order valence-electron chi connectivity index (χ3n) is 3.79. The standard InChI is InChI=1S/C14H24N6O2/c15-13(21)10-20-9-12(18-19-20)14(22)17-8-7-16-11-5-3-1-2-4-6-11/h9,11,16H,1-8,10H2,(H2,15,21)(H,17,22). The average Bonchev–Trinajstić information content (AvgIpc) is 2.78. The molecule has 1 fully saturated rings. The summed E-state index contributed by atoms with van der Waals surface area (Å²) in [6.07, 6.45) is 9.08. The fraction of sp³-hybridized carbons (Fsp3) is 0.714. The lowest BCUT2D eigenvalue weighted by Crippen LogP contribution is -2.37. The van der Waals surface area contributed by atoms with E-state index in [0.29, 0.717) is 12.6 Å². The summed E-state index contributed by atoms with van der Waals surface area (Å²) < 4.78 is 1.25. The number of hydrogen-bond donors (Lipinski definition) is 3. The molecule has 1 aliphatic rings. The van der Waals surface area contributed by atoms with Gasteiger partial charge in [0, 0.05) is 19.1 Å². The van der Waals surface area contributed by atoms with Crippen molar-refractivity contribution in [1.82, 2.24) is 25.6 Å². The van der Waals surface area contributed by atoms with Crippen LogP contribution in [0.25, 0.3) is 0 Å². The van der Waals surface area contributed by atoms with E-state index in [1.807, 2.05) is 0 Å². The number of primary amides is 1. The van der Waals surface area contributed by atoms with E-state index in [4.69, 9.17) is 5.73 Å². The van der Waals surface area contributed by atoms with E-state index in [-0.39, 0.29) is 18.1 Å². The minimum atomic E-state index is -0.524. The number of rotatable bonds is 7. The second-order valence-electron chi connectivity index (χ2n) is 5.67. The average molecular weight is 308 g/mol. The van der Waals surface area contributed by atoms with Crippen molar-refractivity contribution < 1.29 is 9.59 Å². The number of carbonyl (C=O) groups is 2. The molecule has 0 bridgehead atoms. The normalized spacial score (nSPS) is 16.2. The Morgan fingerprint density at radius 1 is 1.23 bits per heavy atom. The van der Waals surface area contributed by atoms with Gasteiger partial charge in [-0.25, -0.2) is 4.68 Å². The first-order chi connectivity index (χ1) is 10.6. The smallest absolute Gasteiger partial charge is 0.273 e. The van der Waals surface area contributed by atoms with Gasteiger partial charge < -0.3 is 16.4 Å². The number of nitrogens with two attached hydrogens (primary N) is 1. The molecule has 1 aromatic heterocycles. The first kappa shape index (κ1) is 16.4. The first-order valence-corrected chi connectivity index (χ1v) is 7.85. The zero-order valence-electron chi connectivity index (χ0n) is 12.8. The van der Waals surface area contributed by atoms with Crippen molar-refractivity contribution in [1.29, 1.82) is 0 Å². The molecule has 0 spiro atoms. The molecule has 1 aromatic rings. The van der Waals surface area contributed by atoms with Crippen LogP contribution in [0.3, 0.4) is 0 Å². The Hall–Kier alpha value is -1.96. The highest BCUT2D eigenvalue weighted by molar-refractivity contribution is 5.91. The molecule has 0 unspecified atom stereocenters. The number of hydrogen-bond acceptors (Lipinski definition) is 5. The maximum atomic E-state index is 11.9. The molecule has 0 saturated heterocycles. The predicted octanol–water partition coefficient (Wildman–Crippen LogP) is -0.194. The van der Waals surface area contributed by atoms with Crippen LogP contribution in [0.2, 0.25) is 0 Å². The Labute approximate surface area is 129 Å². The van der Waals surface area contributed by atoms with Gasteiger partial charge in [0.05, 0.1) is 6.20 Å². The minimum absolute atomic E-state index is 0.0798. The summed E-state index contributed by atoms with van der Waals surface area (Å²) >= 11 is 0.